The molecule has 0 radical (unpaired) electrons. The minimum absolute atomic E-state index is 0.573. The maximum Gasteiger partial charge on any atom is 0.220 e. The fourth-order valence-electron chi connectivity index (χ4n) is 3.85. The van der Waals surface area contributed by atoms with Crippen LogP contribution in [0.4, 0.5) is 0 Å². The second-order valence-electron chi connectivity index (χ2n) is 6.98. The molecule has 5 heteroatoms. The van der Waals surface area contributed by atoms with E-state index in [1.54, 1.807) is 0 Å². The highest BCUT2D eigenvalue weighted by molar-refractivity contribution is 5.82. The molecule has 0 amide bonds. The maximum atomic E-state index is 5.88. The number of hydrogen-bond donors (Lipinski definition) is 0. The van der Waals surface area contributed by atoms with E-state index in [2.05, 4.69) is 51.6 Å². The highest BCUT2D eigenvalue weighted by Crippen LogP contribution is 2.34. The molecule has 0 aliphatic heterocycles. The fraction of sp³-hybridized carbons (Fsp3) is 0.160. The quantitative estimate of drug-likeness (QED) is 0.367. The third-order valence-electron chi connectivity index (χ3n) is 5.12. The third-order valence-corrected chi connectivity index (χ3v) is 5.12. The van der Waals surface area contributed by atoms with Gasteiger partial charge in [-0.1, -0.05) is 42.5 Å². The molecule has 0 saturated carbocycles. The zero-order valence-corrected chi connectivity index (χ0v) is 17.1. The highest BCUT2D eigenvalue weighted by Gasteiger charge is 2.18. The summed E-state index contributed by atoms with van der Waals surface area (Å²) in [6.45, 7) is 5.12. The van der Waals surface area contributed by atoms with Crippen LogP contribution in [0.25, 0.3) is 33.8 Å². The monoisotopic (exact) mass is 397 g/mol. The van der Waals surface area contributed by atoms with Crippen LogP contribution in [-0.4, -0.2) is 27.2 Å². The van der Waals surface area contributed by atoms with E-state index in [0.29, 0.717) is 13.2 Å². The number of fused-ring (bicyclic) bond motifs is 3. The van der Waals surface area contributed by atoms with Crippen molar-refractivity contribution in [2.24, 2.45) is 0 Å². The van der Waals surface area contributed by atoms with Gasteiger partial charge in [0.25, 0.3) is 0 Å². The van der Waals surface area contributed by atoms with E-state index in [1.807, 2.05) is 50.2 Å². The number of ether oxygens (including phenoxy) is 2. The highest BCUT2D eigenvalue weighted by atomic mass is 16.5. The first-order valence-electron chi connectivity index (χ1n) is 10.2. The summed E-state index contributed by atoms with van der Waals surface area (Å²) in [7, 11) is 0. The van der Waals surface area contributed by atoms with Gasteiger partial charge in [-0.05, 0) is 38.1 Å². The molecule has 0 bridgehead atoms. The van der Waals surface area contributed by atoms with Gasteiger partial charge in [0.2, 0.25) is 5.78 Å². The molecule has 0 atom stereocenters. The summed E-state index contributed by atoms with van der Waals surface area (Å²) in [6.07, 6.45) is 2.15. The summed E-state index contributed by atoms with van der Waals surface area (Å²) >= 11 is 0. The van der Waals surface area contributed by atoms with E-state index in [1.165, 1.54) is 0 Å². The Morgan fingerprint density at radius 1 is 0.800 bits per heavy atom. The first-order valence-corrected chi connectivity index (χ1v) is 10.2. The van der Waals surface area contributed by atoms with Gasteiger partial charge in [-0.15, -0.1) is 0 Å². The lowest BCUT2D eigenvalue weighted by Gasteiger charge is -2.14. The molecule has 30 heavy (non-hydrogen) atoms. The van der Waals surface area contributed by atoms with Gasteiger partial charge < -0.3 is 9.47 Å². The molecule has 150 valence electrons. The fourth-order valence-corrected chi connectivity index (χ4v) is 3.85. The van der Waals surface area contributed by atoms with Gasteiger partial charge in [-0.2, -0.15) is 0 Å². The molecule has 0 N–H and O–H groups in total. The molecule has 0 saturated heterocycles. The van der Waals surface area contributed by atoms with Crippen molar-refractivity contribution in [3.8, 4) is 28.4 Å². The Bertz CT molecular complexity index is 1320. The van der Waals surface area contributed by atoms with Crippen LogP contribution in [0.3, 0.4) is 0 Å². The lowest BCUT2D eigenvalue weighted by atomic mass is 10.1. The number of benzene rings is 3. The van der Waals surface area contributed by atoms with Crippen molar-refractivity contribution in [2.75, 3.05) is 13.2 Å². The Morgan fingerprint density at radius 3 is 2.33 bits per heavy atom. The molecule has 0 spiro atoms. The molecule has 5 nitrogen and oxygen atoms in total. The van der Waals surface area contributed by atoms with Crippen molar-refractivity contribution < 1.29 is 9.47 Å². The van der Waals surface area contributed by atoms with Crippen LogP contribution in [0, 0.1) is 0 Å². The van der Waals surface area contributed by atoms with Gasteiger partial charge in [0.05, 0.1) is 35.6 Å². The van der Waals surface area contributed by atoms with Crippen molar-refractivity contribution in [1.82, 2.24) is 14.0 Å². The predicted molar refractivity (Wildman–Crippen MR) is 120 cm³/mol. The largest absolute Gasteiger partial charge is 0.490 e. The molecule has 2 heterocycles. The molecule has 0 unspecified atom stereocenters. The number of imidazole rings is 2. The Balaban J connectivity index is 1.79. The molecule has 0 aliphatic rings. The molecule has 2 aromatic heterocycles. The molecule has 0 aliphatic carbocycles. The van der Waals surface area contributed by atoms with Gasteiger partial charge in [-0.3, -0.25) is 8.97 Å². The van der Waals surface area contributed by atoms with Gasteiger partial charge in [0.1, 0.15) is 0 Å². The summed E-state index contributed by atoms with van der Waals surface area (Å²) in [5.74, 6) is 2.35. The van der Waals surface area contributed by atoms with Gasteiger partial charge in [0, 0.05) is 17.8 Å². The Labute approximate surface area is 175 Å². The van der Waals surface area contributed by atoms with E-state index in [9.17, 15) is 0 Å². The van der Waals surface area contributed by atoms with Crippen LogP contribution in [-0.2, 0) is 0 Å². The molecule has 5 rings (SSSR count). The number of nitrogens with zero attached hydrogens (tertiary/aromatic N) is 3. The SMILES string of the molecule is CCOc1ccc(-n2c(-c3ccccc3)cn3c4ccccc4nc23)cc1OCC. The average Bonchev–Trinajstić information content (AvgIpc) is 3.32. The lowest BCUT2D eigenvalue weighted by Crippen LogP contribution is -2.02. The Kier molecular flexibility index (Phi) is 4.64. The smallest absolute Gasteiger partial charge is 0.220 e. The summed E-state index contributed by atoms with van der Waals surface area (Å²) in [4.78, 5) is 4.93. The lowest BCUT2D eigenvalue weighted by molar-refractivity contribution is 0.287. The number of hydrogen-bond acceptors (Lipinski definition) is 3. The van der Waals surface area contributed by atoms with Crippen molar-refractivity contribution in [1.29, 1.82) is 0 Å². The summed E-state index contributed by atoms with van der Waals surface area (Å²) in [6, 6.07) is 24.6. The van der Waals surface area contributed by atoms with Crippen LogP contribution in [0.2, 0.25) is 0 Å². The topological polar surface area (TPSA) is 40.7 Å². The zero-order valence-electron chi connectivity index (χ0n) is 17.1. The van der Waals surface area contributed by atoms with E-state index in [-0.39, 0.29) is 0 Å². The first kappa shape index (κ1) is 18.3. The minimum Gasteiger partial charge on any atom is -0.490 e. The predicted octanol–water partition coefficient (Wildman–Crippen LogP) is 5.74. The zero-order chi connectivity index (χ0) is 20.5. The second kappa shape index (κ2) is 7.59. The molecule has 3 aromatic carbocycles. The van der Waals surface area contributed by atoms with Crippen LogP contribution < -0.4 is 9.47 Å². The normalized spacial score (nSPS) is 11.3. The van der Waals surface area contributed by atoms with E-state index in [4.69, 9.17) is 14.5 Å². The Hall–Kier alpha value is -3.73. The van der Waals surface area contributed by atoms with Crippen molar-refractivity contribution in [2.45, 2.75) is 13.8 Å². The van der Waals surface area contributed by atoms with Gasteiger partial charge in [-0.25, -0.2) is 4.98 Å². The van der Waals surface area contributed by atoms with Crippen LogP contribution in [0.15, 0.2) is 79.0 Å². The second-order valence-corrected chi connectivity index (χ2v) is 6.98. The van der Waals surface area contributed by atoms with Crippen molar-refractivity contribution in [3.05, 3.63) is 79.0 Å². The summed E-state index contributed by atoms with van der Waals surface area (Å²) in [5, 5.41) is 0. The number of para-hydroxylation sites is 2. The minimum atomic E-state index is 0.573. The third kappa shape index (κ3) is 2.99. The molecular weight excluding hydrogens is 374 g/mol. The molecule has 5 aromatic rings. The van der Waals surface area contributed by atoms with Crippen molar-refractivity contribution >= 4 is 16.8 Å². The van der Waals surface area contributed by atoms with Crippen LogP contribution >= 0.6 is 0 Å². The van der Waals surface area contributed by atoms with Crippen molar-refractivity contribution in [3.63, 3.8) is 0 Å². The molecular formula is C25H23N3O2. The van der Waals surface area contributed by atoms with E-state index in [0.717, 1.165) is 45.3 Å². The molecule has 0 fully saturated rings. The van der Waals surface area contributed by atoms with Crippen LogP contribution in [0.1, 0.15) is 13.8 Å². The number of aromatic nitrogens is 3. The Morgan fingerprint density at radius 2 is 1.53 bits per heavy atom. The van der Waals surface area contributed by atoms with Gasteiger partial charge in [0.15, 0.2) is 11.5 Å². The van der Waals surface area contributed by atoms with E-state index < -0.39 is 0 Å². The summed E-state index contributed by atoms with van der Waals surface area (Å²) in [5.41, 5.74) is 5.22. The number of rotatable bonds is 6. The standard InChI is InChI=1S/C25H23N3O2/c1-3-29-23-15-14-19(16-24(23)30-4-2)28-22(18-10-6-5-7-11-18)17-27-21-13-9-8-12-20(21)26-25(27)28/h5-17H,3-4H2,1-2H3. The van der Waals surface area contributed by atoms with Gasteiger partial charge >= 0.3 is 0 Å². The first-order chi connectivity index (χ1) is 14.8. The van der Waals surface area contributed by atoms with E-state index >= 15 is 0 Å². The average molecular weight is 397 g/mol. The maximum absolute atomic E-state index is 5.88. The summed E-state index contributed by atoms with van der Waals surface area (Å²) < 4.78 is 16.0. The van der Waals surface area contributed by atoms with Crippen LogP contribution in [0.5, 0.6) is 11.5 Å².